The van der Waals surface area contributed by atoms with E-state index in [1.54, 1.807) is 0 Å². The lowest BCUT2D eigenvalue weighted by Gasteiger charge is -2.26. The Balaban J connectivity index is 2.05. The van der Waals surface area contributed by atoms with Crippen molar-refractivity contribution in [3.05, 3.63) is 138 Å². The van der Waals surface area contributed by atoms with Crippen LogP contribution in [0.4, 0.5) is 5.69 Å². The van der Waals surface area contributed by atoms with E-state index in [1.807, 2.05) is 6.07 Å². The summed E-state index contributed by atoms with van der Waals surface area (Å²) < 4.78 is 2.40. The van der Waals surface area contributed by atoms with Gasteiger partial charge in [-0.15, -0.1) is 0 Å². The molecule has 0 saturated heterocycles. The lowest BCUT2D eigenvalue weighted by atomic mass is 9.87. The maximum atomic E-state index is 5.36. The molecule has 0 spiro atoms. The third-order valence-corrected chi connectivity index (χ3v) is 6.72. The lowest BCUT2D eigenvalue weighted by Crippen LogP contribution is -2.28. The molecule has 0 aliphatic rings. The van der Waals surface area contributed by atoms with Crippen molar-refractivity contribution in [3.63, 3.8) is 0 Å². The van der Waals surface area contributed by atoms with E-state index in [2.05, 4.69) is 134 Å². The molecule has 0 saturated carbocycles. The van der Waals surface area contributed by atoms with E-state index >= 15 is 0 Å². The van der Waals surface area contributed by atoms with Gasteiger partial charge in [-0.2, -0.15) is 0 Å². The van der Waals surface area contributed by atoms with E-state index in [-0.39, 0.29) is 0 Å². The number of hydrogen-bond donors (Lipinski definition) is 0. The quantitative estimate of drug-likeness (QED) is 0.210. The van der Waals surface area contributed by atoms with Crippen LogP contribution in [0.15, 0.2) is 126 Å². The van der Waals surface area contributed by atoms with Gasteiger partial charge in [0.1, 0.15) is 5.49 Å². The van der Waals surface area contributed by atoms with Crippen LogP contribution < -0.4 is 5.49 Å². The molecule has 0 aliphatic heterocycles. The highest BCUT2D eigenvalue weighted by molar-refractivity contribution is 5.85. The first kappa shape index (κ1) is 24.5. The fourth-order valence-corrected chi connectivity index (χ4v) is 5.18. The highest BCUT2D eigenvalue weighted by Crippen LogP contribution is 2.38. The summed E-state index contributed by atoms with van der Waals surface area (Å²) in [7, 11) is 0. The molecule has 0 bridgehead atoms. The van der Waals surface area contributed by atoms with E-state index in [0.717, 1.165) is 42.5 Å². The van der Waals surface area contributed by atoms with Crippen molar-refractivity contribution >= 4 is 5.69 Å². The van der Waals surface area contributed by atoms with Crippen LogP contribution in [0.3, 0.4) is 0 Å². The average Bonchev–Trinajstić information content (AvgIpc) is 2.96. The fourth-order valence-electron chi connectivity index (χ4n) is 5.18. The minimum atomic E-state index is 0.971. The Morgan fingerprint density at radius 1 is 0.541 bits per heavy atom. The molecule has 4 aromatic carbocycles. The summed E-state index contributed by atoms with van der Waals surface area (Å²) in [4.78, 5) is 5.36. The van der Waals surface area contributed by atoms with Gasteiger partial charge in [0.2, 0.25) is 0 Å². The molecule has 2 heteroatoms. The third kappa shape index (κ3) is 5.20. The second kappa shape index (κ2) is 11.7. The molecule has 184 valence electrons. The molecule has 1 aromatic heterocycles. The highest BCUT2D eigenvalue weighted by Gasteiger charge is 2.23. The predicted molar refractivity (Wildman–Crippen MR) is 156 cm³/mol. The normalized spacial score (nSPS) is 11.6. The van der Waals surface area contributed by atoms with Crippen LogP contribution in [0.5, 0.6) is 0 Å². The number of para-hydroxylation sites is 2. The minimum Gasteiger partial charge on any atom is -0.294 e. The number of nitrogens with zero attached hydrogens (tertiary/aromatic N) is 2. The zero-order valence-electron chi connectivity index (χ0n) is 21.8. The van der Waals surface area contributed by atoms with Gasteiger partial charge in [-0.1, -0.05) is 124 Å². The van der Waals surface area contributed by atoms with Crippen molar-refractivity contribution in [2.45, 2.75) is 39.5 Å². The molecule has 5 rings (SSSR count). The van der Waals surface area contributed by atoms with Crippen LogP contribution in [0.25, 0.3) is 28.1 Å². The Hall–Kier alpha value is -4.17. The van der Waals surface area contributed by atoms with Gasteiger partial charge in [0.25, 0.3) is 0 Å². The Bertz CT molecular complexity index is 1500. The van der Waals surface area contributed by atoms with Gasteiger partial charge in [-0.05, 0) is 59.4 Å². The Morgan fingerprint density at radius 3 is 1.59 bits per heavy atom. The van der Waals surface area contributed by atoms with E-state index in [1.165, 1.54) is 33.5 Å². The molecule has 0 aliphatic carbocycles. The highest BCUT2D eigenvalue weighted by atomic mass is 15.0. The van der Waals surface area contributed by atoms with Crippen molar-refractivity contribution in [3.8, 4) is 28.1 Å². The SMILES string of the molecule is CCCc1c(-c2ccccc2)c(-c2ccccc2)n(-c2ccccc2)c(=Nc2ccccc2)c1CCC. The lowest BCUT2D eigenvalue weighted by molar-refractivity contribution is 0.812. The molecule has 0 atom stereocenters. The van der Waals surface area contributed by atoms with Gasteiger partial charge in [0.05, 0.1) is 11.4 Å². The largest absolute Gasteiger partial charge is 0.294 e. The number of benzene rings is 4. The summed E-state index contributed by atoms with van der Waals surface area (Å²) in [6.45, 7) is 4.54. The van der Waals surface area contributed by atoms with E-state index in [9.17, 15) is 0 Å². The minimum absolute atomic E-state index is 0.971. The Kier molecular flexibility index (Phi) is 7.76. The standard InChI is InChI=1S/C35H34N2/c1-3-17-31-32(18-4-2)35(36-29-23-13-7-14-24-29)37(30-25-15-8-16-26-30)34(28-21-11-6-12-22-28)33(31)27-19-9-5-10-20-27/h5-16,19-26H,3-4,17-18H2,1-2H3. The molecule has 0 radical (unpaired) electrons. The van der Waals surface area contributed by atoms with E-state index in [0.29, 0.717) is 0 Å². The number of pyridine rings is 1. The maximum Gasteiger partial charge on any atom is 0.141 e. The molecule has 0 N–H and O–H groups in total. The third-order valence-electron chi connectivity index (χ3n) is 6.72. The van der Waals surface area contributed by atoms with Gasteiger partial charge in [0, 0.05) is 11.3 Å². The fraction of sp³-hybridized carbons (Fsp3) is 0.171. The number of hydrogen-bond acceptors (Lipinski definition) is 1. The van der Waals surface area contributed by atoms with Crippen molar-refractivity contribution in [1.29, 1.82) is 0 Å². The first-order valence-corrected chi connectivity index (χ1v) is 13.4. The zero-order chi connectivity index (χ0) is 25.5. The van der Waals surface area contributed by atoms with Crippen LogP contribution in [-0.2, 0) is 12.8 Å². The molecule has 37 heavy (non-hydrogen) atoms. The van der Waals surface area contributed by atoms with Crippen LogP contribution in [0.2, 0.25) is 0 Å². The summed E-state index contributed by atoms with van der Waals surface area (Å²) >= 11 is 0. The summed E-state index contributed by atoms with van der Waals surface area (Å²) in [6, 6.07) is 42.8. The maximum absolute atomic E-state index is 5.36. The zero-order valence-corrected chi connectivity index (χ0v) is 21.8. The van der Waals surface area contributed by atoms with Crippen LogP contribution in [0, 0.1) is 0 Å². The first-order valence-electron chi connectivity index (χ1n) is 13.4. The summed E-state index contributed by atoms with van der Waals surface area (Å²) in [6.07, 6.45) is 4.11. The molecule has 0 fully saturated rings. The molecule has 2 nitrogen and oxygen atoms in total. The van der Waals surface area contributed by atoms with Crippen LogP contribution in [-0.4, -0.2) is 4.57 Å². The Labute approximate surface area is 220 Å². The summed E-state index contributed by atoms with van der Waals surface area (Å²) in [5.41, 5.74) is 10.8. The van der Waals surface area contributed by atoms with Gasteiger partial charge < -0.3 is 0 Å². The molecular weight excluding hydrogens is 448 g/mol. The molecule has 1 heterocycles. The smallest absolute Gasteiger partial charge is 0.141 e. The van der Waals surface area contributed by atoms with Gasteiger partial charge in [0.15, 0.2) is 0 Å². The monoisotopic (exact) mass is 482 g/mol. The van der Waals surface area contributed by atoms with Crippen molar-refractivity contribution in [2.75, 3.05) is 0 Å². The first-order chi connectivity index (χ1) is 18.3. The predicted octanol–water partition coefficient (Wildman–Crippen LogP) is 8.95. The topological polar surface area (TPSA) is 17.3 Å². The van der Waals surface area contributed by atoms with Gasteiger partial charge in [-0.3, -0.25) is 4.57 Å². The van der Waals surface area contributed by atoms with Crippen molar-refractivity contribution in [1.82, 2.24) is 4.57 Å². The summed E-state index contributed by atoms with van der Waals surface area (Å²) in [5.74, 6) is 0. The summed E-state index contributed by atoms with van der Waals surface area (Å²) in [5, 5.41) is 0. The van der Waals surface area contributed by atoms with E-state index < -0.39 is 0 Å². The van der Waals surface area contributed by atoms with Gasteiger partial charge >= 0.3 is 0 Å². The molecular formula is C35H34N2. The van der Waals surface area contributed by atoms with Crippen molar-refractivity contribution in [2.24, 2.45) is 4.99 Å². The molecule has 0 unspecified atom stereocenters. The molecule has 0 amide bonds. The number of rotatable bonds is 8. The van der Waals surface area contributed by atoms with Crippen LogP contribution >= 0.6 is 0 Å². The number of aromatic nitrogens is 1. The van der Waals surface area contributed by atoms with Crippen LogP contribution in [0.1, 0.15) is 37.8 Å². The van der Waals surface area contributed by atoms with Gasteiger partial charge in [-0.25, -0.2) is 4.99 Å². The van der Waals surface area contributed by atoms with Crippen molar-refractivity contribution < 1.29 is 0 Å². The van der Waals surface area contributed by atoms with E-state index in [4.69, 9.17) is 4.99 Å². The molecule has 5 aromatic rings. The second-order valence-electron chi connectivity index (χ2n) is 9.35. The Morgan fingerprint density at radius 2 is 1.03 bits per heavy atom. The second-order valence-corrected chi connectivity index (χ2v) is 9.35. The average molecular weight is 483 g/mol.